The first-order chi connectivity index (χ1) is 10.2. The van der Waals surface area contributed by atoms with Crippen LogP contribution < -0.4 is 5.32 Å². The van der Waals surface area contributed by atoms with Crippen LogP contribution in [0, 0.1) is 0 Å². The molecule has 0 radical (unpaired) electrons. The Labute approximate surface area is 132 Å². The fourth-order valence-corrected chi connectivity index (χ4v) is 2.48. The molecule has 1 rings (SSSR count). The van der Waals surface area contributed by atoms with Crippen molar-refractivity contribution < 1.29 is 39.8 Å². The Kier molecular flexibility index (Phi) is 6.62. The van der Waals surface area contributed by atoms with E-state index >= 15 is 0 Å². The Hall–Kier alpha value is -0.880. The third kappa shape index (κ3) is 3.90. The SMILES string of the molecule is CO[C@]1(C(=O)O)C[C@H](O)[C@@H](NC(C)=S)[C@H]([C@H](O)[C@H](O)CO)O1. The topological polar surface area (TPSA) is 149 Å². The van der Waals surface area contributed by atoms with E-state index in [1.807, 2.05) is 0 Å². The molecule has 0 aliphatic carbocycles. The maximum absolute atomic E-state index is 11.4. The third-order valence-corrected chi connectivity index (χ3v) is 3.63. The Balaban J connectivity index is 3.14. The molecule has 1 aliphatic rings. The van der Waals surface area contributed by atoms with E-state index in [0.717, 1.165) is 7.11 Å². The van der Waals surface area contributed by atoms with Crippen LogP contribution in [0.25, 0.3) is 0 Å². The van der Waals surface area contributed by atoms with E-state index in [0.29, 0.717) is 0 Å². The molecule has 1 fully saturated rings. The number of carboxylic acid groups (broad SMARTS) is 1. The van der Waals surface area contributed by atoms with Crippen LogP contribution in [-0.4, -0.2) is 86.5 Å². The van der Waals surface area contributed by atoms with Gasteiger partial charge in [-0.2, -0.15) is 0 Å². The normalized spacial score (nSPS) is 34.7. The number of nitrogens with one attached hydrogen (secondary N) is 1. The molecule has 22 heavy (non-hydrogen) atoms. The van der Waals surface area contributed by atoms with Gasteiger partial charge in [-0.3, -0.25) is 0 Å². The summed E-state index contributed by atoms with van der Waals surface area (Å²) >= 11 is 4.88. The number of carbonyl (C=O) groups is 1. The molecule has 0 spiro atoms. The van der Waals surface area contributed by atoms with Crippen LogP contribution in [0.5, 0.6) is 0 Å². The number of carboxylic acids is 1. The number of hydrogen-bond acceptors (Lipinski definition) is 8. The van der Waals surface area contributed by atoms with Gasteiger partial charge in [0.25, 0.3) is 5.79 Å². The number of rotatable bonds is 6. The van der Waals surface area contributed by atoms with Crippen LogP contribution >= 0.6 is 12.2 Å². The van der Waals surface area contributed by atoms with E-state index in [2.05, 4.69) is 5.32 Å². The zero-order valence-electron chi connectivity index (χ0n) is 12.2. The standard InChI is InChI=1S/C12H21NO8S/c1-5(22)13-8-6(15)3-12(20-2,11(18)19)21-10(8)9(17)7(16)4-14/h6-10,14-17H,3-4H2,1-2H3,(H,13,22)(H,18,19)/t6-,7+,8+,9+,10+,12+/m0/s1. The number of thiocarbonyl (C=S) groups is 1. The molecular formula is C12H21NO8S. The van der Waals surface area contributed by atoms with Crippen LogP contribution in [-0.2, 0) is 14.3 Å². The Morgan fingerprint density at radius 2 is 2.14 bits per heavy atom. The zero-order chi connectivity index (χ0) is 17.1. The van der Waals surface area contributed by atoms with Crippen molar-refractivity contribution in [2.75, 3.05) is 13.7 Å². The van der Waals surface area contributed by atoms with E-state index in [4.69, 9.17) is 26.8 Å². The smallest absolute Gasteiger partial charge is 0.364 e. The lowest BCUT2D eigenvalue weighted by Gasteiger charge is -2.46. The van der Waals surface area contributed by atoms with Crippen LogP contribution in [0.2, 0.25) is 0 Å². The monoisotopic (exact) mass is 339 g/mol. The van der Waals surface area contributed by atoms with Crippen LogP contribution in [0.15, 0.2) is 0 Å². The van der Waals surface area contributed by atoms with Crippen molar-refractivity contribution in [1.29, 1.82) is 0 Å². The number of ether oxygens (including phenoxy) is 2. The van der Waals surface area contributed by atoms with Gasteiger partial charge in [0.05, 0.1) is 23.7 Å². The fourth-order valence-electron chi connectivity index (χ4n) is 2.34. The summed E-state index contributed by atoms with van der Waals surface area (Å²) in [6.45, 7) is 0.761. The minimum atomic E-state index is -2.17. The van der Waals surface area contributed by atoms with Crippen molar-refractivity contribution in [2.24, 2.45) is 0 Å². The Morgan fingerprint density at radius 1 is 1.55 bits per heavy atom. The van der Waals surface area contributed by atoms with E-state index in [1.54, 1.807) is 0 Å². The second-order valence-electron chi connectivity index (χ2n) is 5.08. The summed E-state index contributed by atoms with van der Waals surface area (Å²) in [6.07, 6.45) is -6.32. The first-order valence-electron chi connectivity index (χ1n) is 6.57. The molecule has 6 N–H and O–H groups in total. The molecule has 0 aromatic rings. The van der Waals surface area contributed by atoms with Gasteiger partial charge in [0.1, 0.15) is 18.3 Å². The van der Waals surface area contributed by atoms with E-state index < -0.39 is 55.2 Å². The van der Waals surface area contributed by atoms with Crippen molar-refractivity contribution in [1.82, 2.24) is 5.32 Å². The molecule has 9 nitrogen and oxygen atoms in total. The molecule has 0 saturated carbocycles. The average Bonchev–Trinajstić information content (AvgIpc) is 2.46. The highest BCUT2D eigenvalue weighted by Gasteiger charge is 2.55. The van der Waals surface area contributed by atoms with Crippen molar-refractivity contribution in [3.8, 4) is 0 Å². The number of aliphatic hydroxyl groups is 4. The minimum absolute atomic E-state index is 0.281. The summed E-state index contributed by atoms with van der Waals surface area (Å²) in [5.74, 6) is -3.66. The fraction of sp³-hybridized carbons (Fsp3) is 0.833. The molecule has 1 heterocycles. The van der Waals surface area contributed by atoms with Crippen LogP contribution in [0.4, 0.5) is 0 Å². The third-order valence-electron chi connectivity index (χ3n) is 3.52. The number of aliphatic hydroxyl groups excluding tert-OH is 4. The molecule has 1 aliphatic heterocycles. The van der Waals surface area contributed by atoms with Crippen molar-refractivity contribution >= 4 is 23.2 Å². The van der Waals surface area contributed by atoms with Gasteiger partial charge in [-0.05, 0) is 6.92 Å². The first kappa shape index (κ1) is 19.2. The highest BCUT2D eigenvalue weighted by Crippen LogP contribution is 2.32. The summed E-state index contributed by atoms with van der Waals surface area (Å²) in [6, 6.07) is -0.976. The molecule has 10 heteroatoms. The summed E-state index contributed by atoms with van der Waals surface area (Å²) in [7, 11) is 1.09. The Bertz CT molecular complexity index is 422. The lowest BCUT2D eigenvalue weighted by atomic mass is 9.88. The quantitative estimate of drug-likeness (QED) is 0.289. The second-order valence-corrected chi connectivity index (χ2v) is 5.70. The highest BCUT2D eigenvalue weighted by molar-refractivity contribution is 7.80. The number of hydrogen-bond donors (Lipinski definition) is 6. The lowest BCUT2D eigenvalue weighted by Crippen LogP contribution is -2.67. The lowest BCUT2D eigenvalue weighted by molar-refractivity contribution is -0.303. The van der Waals surface area contributed by atoms with E-state index in [9.17, 15) is 25.2 Å². The predicted octanol–water partition coefficient (Wildman–Crippen LogP) is -2.42. The first-order valence-corrected chi connectivity index (χ1v) is 6.98. The molecule has 0 bridgehead atoms. The average molecular weight is 339 g/mol. The van der Waals surface area contributed by atoms with Gasteiger partial charge in [-0.15, -0.1) is 0 Å². The minimum Gasteiger partial charge on any atom is -0.477 e. The number of aliphatic carboxylic acids is 1. The van der Waals surface area contributed by atoms with Gasteiger partial charge in [0, 0.05) is 13.5 Å². The second kappa shape index (κ2) is 7.59. The van der Waals surface area contributed by atoms with Gasteiger partial charge in [-0.1, -0.05) is 12.2 Å². The summed E-state index contributed by atoms with van der Waals surface area (Å²) < 4.78 is 10.2. The number of methoxy groups -OCH3 is 1. The molecular weight excluding hydrogens is 318 g/mol. The van der Waals surface area contributed by atoms with Crippen molar-refractivity contribution in [3.05, 3.63) is 0 Å². The largest absolute Gasteiger partial charge is 0.477 e. The van der Waals surface area contributed by atoms with E-state index in [-0.39, 0.29) is 4.99 Å². The highest BCUT2D eigenvalue weighted by atomic mass is 32.1. The van der Waals surface area contributed by atoms with Gasteiger partial charge in [-0.25, -0.2) is 4.79 Å². The van der Waals surface area contributed by atoms with E-state index in [1.165, 1.54) is 6.92 Å². The molecule has 0 aromatic carbocycles. The maximum Gasteiger partial charge on any atom is 0.364 e. The van der Waals surface area contributed by atoms with Crippen molar-refractivity contribution in [2.45, 2.75) is 49.6 Å². The van der Waals surface area contributed by atoms with Gasteiger partial charge < -0.3 is 40.3 Å². The van der Waals surface area contributed by atoms with Gasteiger partial charge in [0.15, 0.2) is 0 Å². The predicted molar refractivity (Wildman–Crippen MR) is 77.2 cm³/mol. The van der Waals surface area contributed by atoms with Gasteiger partial charge >= 0.3 is 5.97 Å². The molecule has 1 saturated heterocycles. The maximum atomic E-state index is 11.4. The molecule has 128 valence electrons. The molecule has 6 atom stereocenters. The summed E-state index contributed by atoms with van der Waals surface area (Å²) in [5, 5.41) is 50.8. The molecule has 0 aromatic heterocycles. The van der Waals surface area contributed by atoms with Crippen LogP contribution in [0.3, 0.4) is 0 Å². The summed E-state index contributed by atoms with van der Waals surface area (Å²) in [4.78, 5) is 11.7. The Morgan fingerprint density at radius 3 is 2.55 bits per heavy atom. The summed E-state index contributed by atoms with van der Waals surface area (Å²) in [5.41, 5.74) is 0. The zero-order valence-corrected chi connectivity index (χ0v) is 13.0. The molecule has 0 unspecified atom stereocenters. The van der Waals surface area contributed by atoms with Crippen LogP contribution in [0.1, 0.15) is 13.3 Å². The van der Waals surface area contributed by atoms with Crippen molar-refractivity contribution in [3.63, 3.8) is 0 Å². The van der Waals surface area contributed by atoms with Gasteiger partial charge in [0.2, 0.25) is 0 Å². The molecule has 0 amide bonds.